The first kappa shape index (κ1) is 15.4. The van der Waals surface area contributed by atoms with Crippen molar-refractivity contribution in [3.05, 3.63) is 28.7 Å². The summed E-state index contributed by atoms with van der Waals surface area (Å²) in [5.74, 6) is 0. The molecule has 1 atom stereocenters. The zero-order valence-electron chi connectivity index (χ0n) is 11.7. The summed E-state index contributed by atoms with van der Waals surface area (Å²) in [6.45, 7) is 9.15. The van der Waals surface area contributed by atoms with Gasteiger partial charge in [-0.25, -0.2) is 4.98 Å². The van der Waals surface area contributed by atoms with E-state index in [4.69, 9.17) is 0 Å². The fourth-order valence-electron chi connectivity index (χ4n) is 2.02. The van der Waals surface area contributed by atoms with Gasteiger partial charge in [-0.1, -0.05) is 25.8 Å². The minimum Gasteiger partial charge on any atom is -0.309 e. The number of thiazole rings is 1. The molecule has 0 aromatic carbocycles. The average molecular weight is 266 g/mol. The molecule has 0 radical (unpaired) electrons. The Morgan fingerprint density at radius 2 is 2.28 bits per heavy atom. The van der Waals surface area contributed by atoms with Crippen molar-refractivity contribution in [2.45, 2.75) is 58.4 Å². The van der Waals surface area contributed by atoms with Gasteiger partial charge in [0.15, 0.2) is 0 Å². The maximum absolute atomic E-state index is 4.37. The van der Waals surface area contributed by atoms with E-state index in [9.17, 15) is 0 Å². The smallest absolute Gasteiger partial charge is 0.0897 e. The first-order chi connectivity index (χ1) is 8.77. The molecule has 0 bridgehead atoms. The second-order valence-corrected chi connectivity index (χ2v) is 5.98. The Morgan fingerprint density at radius 3 is 2.89 bits per heavy atom. The number of unbranched alkanes of at least 4 members (excludes halogenated alkanes) is 3. The van der Waals surface area contributed by atoms with Gasteiger partial charge in [-0.2, -0.15) is 0 Å². The molecule has 0 aliphatic rings. The topological polar surface area (TPSA) is 24.9 Å². The number of aromatic nitrogens is 1. The van der Waals surface area contributed by atoms with Gasteiger partial charge in [0.1, 0.15) is 0 Å². The normalized spacial score (nSPS) is 12.6. The average Bonchev–Trinajstić information content (AvgIpc) is 2.79. The zero-order chi connectivity index (χ0) is 13.2. The lowest BCUT2D eigenvalue weighted by molar-refractivity contribution is 0.477. The number of nitrogens with zero attached hydrogens (tertiary/aromatic N) is 1. The first-order valence-corrected chi connectivity index (χ1v) is 7.86. The molecule has 1 heterocycles. The highest BCUT2D eigenvalue weighted by Crippen LogP contribution is 2.25. The monoisotopic (exact) mass is 266 g/mol. The molecule has 1 rings (SSSR count). The summed E-state index contributed by atoms with van der Waals surface area (Å²) in [5.41, 5.74) is 0. The molecule has 0 fully saturated rings. The van der Waals surface area contributed by atoms with Gasteiger partial charge < -0.3 is 5.32 Å². The van der Waals surface area contributed by atoms with Crippen molar-refractivity contribution in [1.29, 1.82) is 0 Å². The van der Waals surface area contributed by atoms with Crippen molar-refractivity contribution in [1.82, 2.24) is 10.3 Å². The Morgan fingerprint density at radius 1 is 1.44 bits per heavy atom. The van der Waals surface area contributed by atoms with Gasteiger partial charge in [0.05, 0.1) is 5.01 Å². The van der Waals surface area contributed by atoms with Crippen LogP contribution in [0.1, 0.15) is 61.4 Å². The Hall–Kier alpha value is -0.670. The van der Waals surface area contributed by atoms with Gasteiger partial charge in [-0.05, 0) is 39.2 Å². The van der Waals surface area contributed by atoms with Crippen LogP contribution in [0.25, 0.3) is 0 Å². The molecule has 0 amide bonds. The fourth-order valence-corrected chi connectivity index (χ4v) is 2.91. The Kier molecular flexibility index (Phi) is 7.94. The molecule has 0 saturated carbocycles. The summed E-state index contributed by atoms with van der Waals surface area (Å²) in [5, 5.41) is 4.81. The SMILES string of the molecule is C=CCCCCCC(NCCC)c1cnc(C)s1. The Balaban J connectivity index is 2.38. The van der Waals surface area contributed by atoms with E-state index in [0.29, 0.717) is 6.04 Å². The van der Waals surface area contributed by atoms with E-state index in [-0.39, 0.29) is 0 Å². The van der Waals surface area contributed by atoms with E-state index >= 15 is 0 Å². The van der Waals surface area contributed by atoms with Gasteiger partial charge in [0, 0.05) is 17.1 Å². The molecular formula is C15H26N2S. The quantitative estimate of drug-likeness (QED) is 0.493. The van der Waals surface area contributed by atoms with Crippen LogP contribution in [0, 0.1) is 6.92 Å². The maximum atomic E-state index is 4.37. The summed E-state index contributed by atoms with van der Waals surface area (Å²) < 4.78 is 0. The van der Waals surface area contributed by atoms with Gasteiger partial charge in [-0.15, -0.1) is 17.9 Å². The van der Waals surface area contributed by atoms with Gasteiger partial charge in [-0.3, -0.25) is 0 Å². The van der Waals surface area contributed by atoms with Crippen LogP contribution in [0.15, 0.2) is 18.9 Å². The van der Waals surface area contributed by atoms with Crippen LogP contribution in [0.3, 0.4) is 0 Å². The van der Waals surface area contributed by atoms with E-state index in [1.807, 2.05) is 23.6 Å². The van der Waals surface area contributed by atoms with Crippen LogP contribution in [-0.2, 0) is 0 Å². The zero-order valence-corrected chi connectivity index (χ0v) is 12.6. The second-order valence-electron chi connectivity index (χ2n) is 4.72. The Labute approximate surface area is 116 Å². The first-order valence-electron chi connectivity index (χ1n) is 7.04. The minimum absolute atomic E-state index is 0.500. The molecule has 0 saturated heterocycles. The Bertz CT molecular complexity index is 333. The van der Waals surface area contributed by atoms with Crippen LogP contribution >= 0.6 is 11.3 Å². The van der Waals surface area contributed by atoms with Crippen LogP contribution in [0.4, 0.5) is 0 Å². The van der Waals surface area contributed by atoms with E-state index in [1.165, 1.54) is 42.0 Å². The van der Waals surface area contributed by atoms with Crippen molar-refractivity contribution in [2.24, 2.45) is 0 Å². The van der Waals surface area contributed by atoms with Crippen LogP contribution in [-0.4, -0.2) is 11.5 Å². The predicted octanol–water partition coefficient (Wildman–Crippen LogP) is 4.63. The van der Waals surface area contributed by atoms with Crippen molar-refractivity contribution >= 4 is 11.3 Å². The van der Waals surface area contributed by atoms with Gasteiger partial charge in [0.25, 0.3) is 0 Å². The molecule has 1 unspecified atom stereocenters. The summed E-state index contributed by atoms with van der Waals surface area (Å²) >= 11 is 1.82. The number of aryl methyl sites for hydroxylation is 1. The van der Waals surface area contributed by atoms with Crippen molar-refractivity contribution in [3.63, 3.8) is 0 Å². The van der Waals surface area contributed by atoms with Crippen molar-refractivity contribution in [3.8, 4) is 0 Å². The number of rotatable bonds is 10. The molecule has 2 nitrogen and oxygen atoms in total. The highest BCUT2D eigenvalue weighted by Gasteiger charge is 2.12. The van der Waals surface area contributed by atoms with E-state index < -0.39 is 0 Å². The highest BCUT2D eigenvalue weighted by atomic mass is 32.1. The molecule has 18 heavy (non-hydrogen) atoms. The minimum atomic E-state index is 0.500. The number of hydrogen-bond acceptors (Lipinski definition) is 3. The molecule has 1 aromatic rings. The van der Waals surface area contributed by atoms with Crippen LogP contribution < -0.4 is 5.32 Å². The molecule has 3 heteroatoms. The predicted molar refractivity (Wildman–Crippen MR) is 81.2 cm³/mol. The lowest BCUT2D eigenvalue weighted by atomic mass is 10.1. The molecule has 0 aliphatic carbocycles. The lowest BCUT2D eigenvalue weighted by Gasteiger charge is -2.16. The number of allylic oxidation sites excluding steroid dienone is 1. The number of hydrogen-bond donors (Lipinski definition) is 1. The third kappa shape index (κ3) is 5.78. The maximum Gasteiger partial charge on any atom is 0.0897 e. The standard InChI is InChI=1S/C15H26N2S/c1-4-6-7-8-9-10-14(16-11-5-2)15-12-17-13(3)18-15/h4,12,14,16H,1,5-11H2,2-3H3. The van der Waals surface area contributed by atoms with Gasteiger partial charge >= 0.3 is 0 Å². The van der Waals surface area contributed by atoms with E-state index in [1.54, 1.807) is 0 Å². The molecule has 0 aliphatic heterocycles. The summed E-state index contributed by atoms with van der Waals surface area (Å²) in [7, 11) is 0. The van der Waals surface area contributed by atoms with Crippen molar-refractivity contribution < 1.29 is 0 Å². The fraction of sp³-hybridized carbons (Fsp3) is 0.667. The van der Waals surface area contributed by atoms with E-state index in [0.717, 1.165) is 13.0 Å². The molecule has 102 valence electrons. The van der Waals surface area contributed by atoms with E-state index in [2.05, 4.69) is 30.7 Å². The van der Waals surface area contributed by atoms with Crippen molar-refractivity contribution in [2.75, 3.05) is 6.54 Å². The third-order valence-electron chi connectivity index (χ3n) is 3.02. The molecule has 0 spiro atoms. The largest absolute Gasteiger partial charge is 0.309 e. The molecular weight excluding hydrogens is 240 g/mol. The second kappa shape index (κ2) is 9.29. The molecule has 1 N–H and O–H groups in total. The summed E-state index contributed by atoms with van der Waals surface area (Å²) in [6, 6.07) is 0.500. The molecule has 1 aromatic heterocycles. The van der Waals surface area contributed by atoms with Gasteiger partial charge in [0.2, 0.25) is 0 Å². The van der Waals surface area contributed by atoms with Crippen LogP contribution in [0.2, 0.25) is 0 Å². The number of nitrogens with one attached hydrogen (secondary N) is 1. The third-order valence-corrected chi connectivity index (χ3v) is 4.05. The van der Waals surface area contributed by atoms with Crippen LogP contribution in [0.5, 0.6) is 0 Å². The summed E-state index contributed by atoms with van der Waals surface area (Å²) in [6.07, 6.45) is 11.5. The summed E-state index contributed by atoms with van der Waals surface area (Å²) in [4.78, 5) is 5.76. The highest BCUT2D eigenvalue weighted by molar-refractivity contribution is 7.11. The lowest BCUT2D eigenvalue weighted by Crippen LogP contribution is -2.21.